The highest BCUT2D eigenvalue weighted by Crippen LogP contribution is 2.16. The summed E-state index contributed by atoms with van der Waals surface area (Å²) in [7, 11) is -4.11. The molecule has 2 rings (SSSR count). The molecule has 0 aliphatic rings. The van der Waals surface area contributed by atoms with Gasteiger partial charge in [0.05, 0.1) is 0 Å². The summed E-state index contributed by atoms with van der Waals surface area (Å²) in [6.45, 7) is 2.89. The summed E-state index contributed by atoms with van der Waals surface area (Å²) >= 11 is 0. The maximum atomic E-state index is 12.9. The van der Waals surface area contributed by atoms with Crippen LogP contribution in [0.4, 0.5) is 15.8 Å². The molecule has 2 aromatic carbocycles. The van der Waals surface area contributed by atoms with Crippen LogP contribution in [0.1, 0.15) is 30.6 Å². The zero-order chi connectivity index (χ0) is 21.6. The van der Waals surface area contributed by atoms with E-state index >= 15 is 0 Å². The summed E-state index contributed by atoms with van der Waals surface area (Å²) in [5.41, 5.74) is 0.898. The van der Waals surface area contributed by atoms with Crippen LogP contribution in [0.15, 0.2) is 48.5 Å². The van der Waals surface area contributed by atoms with Gasteiger partial charge in [-0.3, -0.25) is 14.4 Å². The van der Waals surface area contributed by atoms with Gasteiger partial charge in [-0.05, 0) is 49.7 Å². The highest BCUT2D eigenvalue weighted by atomic mass is 32.2. The lowest BCUT2D eigenvalue weighted by Gasteiger charge is -2.16. The second-order valence-corrected chi connectivity index (χ2v) is 8.57. The number of Topliss-reactive ketones (excluding diaryl/α,β-unsaturated/α-hetero) is 1. The topological polar surface area (TPSA) is 109 Å². The van der Waals surface area contributed by atoms with Crippen LogP contribution in [0.2, 0.25) is 0 Å². The Hall–Kier alpha value is -3.07. The molecule has 154 valence electrons. The fourth-order valence-corrected chi connectivity index (χ4v) is 4.19. The SMILES string of the molecule is CCC(C(=O)Nc1cccc(C(C)=O)c1)S(=O)(=O)CC(=O)Nc1ccc(F)cc1. The first-order valence-corrected chi connectivity index (χ1v) is 10.5. The normalized spacial score (nSPS) is 12.1. The van der Waals surface area contributed by atoms with Crippen molar-refractivity contribution in [1.82, 2.24) is 0 Å². The third kappa shape index (κ3) is 6.21. The first kappa shape index (κ1) is 22.2. The Morgan fingerprint density at radius 3 is 2.24 bits per heavy atom. The van der Waals surface area contributed by atoms with Crippen LogP contribution in [0.25, 0.3) is 0 Å². The minimum absolute atomic E-state index is 0.0373. The monoisotopic (exact) mass is 420 g/mol. The van der Waals surface area contributed by atoms with Gasteiger partial charge in [-0.25, -0.2) is 12.8 Å². The molecule has 29 heavy (non-hydrogen) atoms. The van der Waals surface area contributed by atoms with Crippen molar-refractivity contribution in [2.45, 2.75) is 25.5 Å². The molecule has 0 saturated carbocycles. The van der Waals surface area contributed by atoms with Gasteiger partial charge in [0.25, 0.3) is 0 Å². The third-order valence-corrected chi connectivity index (χ3v) is 6.17. The van der Waals surface area contributed by atoms with Crippen molar-refractivity contribution in [3.05, 3.63) is 59.9 Å². The predicted octanol–water partition coefficient (Wildman–Crippen LogP) is 2.80. The van der Waals surface area contributed by atoms with Gasteiger partial charge in [-0.1, -0.05) is 19.1 Å². The standard InChI is InChI=1S/C20H21FN2O5S/c1-3-18(20(26)23-17-6-4-5-14(11-17)13(2)24)29(27,28)12-19(25)22-16-9-7-15(21)8-10-16/h4-11,18H,3,12H2,1-2H3,(H,22,25)(H,23,26). The van der Waals surface area contributed by atoms with Crippen LogP contribution in [0, 0.1) is 5.82 Å². The third-order valence-electron chi connectivity index (χ3n) is 4.09. The number of nitrogens with one attached hydrogen (secondary N) is 2. The average Bonchev–Trinajstić information content (AvgIpc) is 2.63. The molecular weight excluding hydrogens is 399 g/mol. The van der Waals surface area contributed by atoms with Crippen LogP contribution in [0.5, 0.6) is 0 Å². The Morgan fingerprint density at radius 2 is 1.66 bits per heavy atom. The van der Waals surface area contributed by atoms with E-state index in [2.05, 4.69) is 10.6 Å². The molecule has 1 unspecified atom stereocenters. The molecule has 0 aromatic heterocycles. The van der Waals surface area contributed by atoms with Crippen molar-refractivity contribution in [3.63, 3.8) is 0 Å². The smallest absolute Gasteiger partial charge is 0.242 e. The van der Waals surface area contributed by atoms with E-state index in [4.69, 9.17) is 0 Å². The lowest BCUT2D eigenvalue weighted by atomic mass is 10.1. The summed E-state index contributed by atoms with van der Waals surface area (Å²) in [4.78, 5) is 36.0. The summed E-state index contributed by atoms with van der Waals surface area (Å²) in [5.74, 6) is -3.21. The zero-order valence-electron chi connectivity index (χ0n) is 15.9. The summed E-state index contributed by atoms with van der Waals surface area (Å²) in [6, 6.07) is 11.0. The predicted molar refractivity (Wildman–Crippen MR) is 108 cm³/mol. The Bertz CT molecular complexity index is 1020. The molecule has 0 saturated heterocycles. The maximum Gasteiger partial charge on any atom is 0.242 e. The van der Waals surface area contributed by atoms with Crippen molar-refractivity contribution in [2.24, 2.45) is 0 Å². The molecule has 0 bridgehead atoms. The van der Waals surface area contributed by atoms with E-state index in [9.17, 15) is 27.2 Å². The molecule has 2 amide bonds. The van der Waals surface area contributed by atoms with Gasteiger partial charge in [0.2, 0.25) is 11.8 Å². The molecule has 0 spiro atoms. The summed E-state index contributed by atoms with van der Waals surface area (Å²) in [5, 5.41) is 3.40. The van der Waals surface area contributed by atoms with E-state index in [-0.39, 0.29) is 23.6 Å². The molecule has 2 N–H and O–H groups in total. The number of benzene rings is 2. The highest BCUT2D eigenvalue weighted by Gasteiger charge is 2.33. The molecule has 0 heterocycles. The van der Waals surface area contributed by atoms with Crippen molar-refractivity contribution in [3.8, 4) is 0 Å². The van der Waals surface area contributed by atoms with Crippen molar-refractivity contribution >= 4 is 38.8 Å². The number of rotatable bonds is 8. The van der Waals surface area contributed by atoms with Crippen LogP contribution >= 0.6 is 0 Å². The molecule has 0 fully saturated rings. The van der Waals surface area contributed by atoms with E-state index in [0.717, 1.165) is 12.1 Å². The van der Waals surface area contributed by atoms with E-state index < -0.39 is 38.5 Å². The molecule has 7 nitrogen and oxygen atoms in total. The number of anilines is 2. The average molecular weight is 420 g/mol. The largest absolute Gasteiger partial charge is 0.325 e. The Labute approximate surface area is 168 Å². The highest BCUT2D eigenvalue weighted by molar-refractivity contribution is 7.93. The van der Waals surface area contributed by atoms with Gasteiger partial charge < -0.3 is 10.6 Å². The lowest BCUT2D eigenvalue weighted by molar-refractivity contribution is -0.115. The fourth-order valence-electron chi connectivity index (χ4n) is 2.65. The van der Waals surface area contributed by atoms with Crippen LogP contribution in [-0.4, -0.2) is 37.0 Å². The van der Waals surface area contributed by atoms with Gasteiger partial charge in [-0.15, -0.1) is 0 Å². The van der Waals surface area contributed by atoms with Gasteiger partial charge in [0.15, 0.2) is 15.6 Å². The number of carbonyl (C=O) groups excluding carboxylic acids is 3. The maximum absolute atomic E-state index is 12.9. The molecule has 2 aromatic rings. The zero-order valence-corrected chi connectivity index (χ0v) is 16.8. The van der Waals surface area contributed by atoms with Crippen LogP contribution < -0.4 is 10.6 Å². The van der Waals surface area contributed by atoms with Crippen molar-refractivity contribution in [1.29, 1.82) is 0 Å². The van der Waals surface area contributed by atoms with Crippen LogP contribution in [-0.2, 0) is 19.4 Å². The van der Waals surface area contributed by atoms with E-state index in [1.54, 1.807) is 12.1 Å². The van der Waals surface area contributed by atoms with Gasteiger partial charge >= 0.3 is 0 Å². The Morgan fingerprint density at radius 1 is 1.00 bits per heavy atom. The fraction of sp³-hybridized carbons (Fsp3) is 0.250. The van der Waals surface area contributed by atoms with Gasteiger partial charge in [0, 0.05) is 16.9 Å². The van der Waals surface area contributed by atoms with Crippen molar-refractivity contribution < 1.29 is 27.2 Å². The molecular formula is C20H21FN2O5S. The Kier molecular flexibility index (Phi) is 7.22. The first-order valence-electron chi connectivity index (χ1n) is 8.81. The second-order valence-electron chi connectivity index (χ2n) is 6.39. The van der Waals surface area contributed by atoms with E-state index in [0.29, 0.717) is 5.56 Å². The van der Waals surface area contributed by atoms with Gasteiger partial charge in [0.1, 0.15) is 16.8 Å². The minimum Gasteiger partial charge on any atom is -0.325 e. The quantitative estimate of drug-likeness (QED) is 0.638. The number of ketones is 1. The van der Waals surface area contributed by atoms with E-state index in [1.165, 1.54) is 38.1 Å². The molecule has 0 radical (unpaired) electrons. The van der Waals surface area contributed by atoms with Gasteiger partial charge in [-0.2, -0.15) is 0 Å². The minimum atomic E-state index is -4.11. The van der Waals surface area contributed by atoms with Crippen molar-refractivity contribution in [2.75, 3.05) is 16.4 Å². The molecule has 1 atom stereocenters. The summed E-state index contributed by atoms with van der Waals surface area (Å²) < 4.78 is 38.1. The second kappa shape index (κ2) is 9.42. The summed E-state index contributed by atoms with van der Waals surface area (Å²) in [6.07, 6.45) is -0.0373. The van der Waals surface area contributed by atoms with E-state index in [1.807, 2.05) is 0 Å². The molecule has 9 heteroatoms. The Balaban J connectivity index is 2.08. The number of amides is 2. The molecule has 0 aliphatic heterocycles. The number of hydrogen-bond donors (Lipinski definition) is 2. The number of hydrogen-bond acceptors (Lipinski definition) is 5. The number of carbonyl (C=O) groups is 3. The number of sulfone groups is 1. The number of halogens is 1. The van der Waals surface area contributed by atoms with Crippen LogP contribution in [0.3, 0.4) is 0 Å². The molecule has 0 aliphatic carbocycles. The lowest BCUT2D eigenvalue weighted by Crippen LogP contribution is -2.39. The first-order chi connectivity index (χ1) is 13.6.